The number of hydrogen-bond donors (Lipinski definition) is 1. The molecule has 6 heteroatoms. The van der Waals surface area contributed by atoms with Crippen LogP contribution < -0.4 is 10.1 Å². The molecule has 0 saturated heterocycles. The predicted octanol–water partition coefficient (Wildman–Crippen LogP) is 3.07. The molecule has 20 heavy (non-hydrogen) atoms. The quantitative estimate of drug-likeness (QED) is 0.922. The van der Waals surface area contributed by atoms with Crippen LogP contribution >= 0.6 is 11.6 Å². The average Bonchev–Trinajstić information content (AvgIpc) is 2.76. The van der Waals surface area contributed by atoms with Crippen LogP contribution in [0.4, 0.5) is 4.39 Å². The fourth-order valence-electron chi connectivity index (χ4n) is 1.85. The molecule has 1 aromatic carbocycles. The summed E-state index contributed by atoms with van der Waals surface area (Å²) in [5.41, 5.74) is 0.771. The highest BCUT2D eigenvalue weighted by Gasteiger charge is 2.13. The molecule has 0 radical (unpaired) electrons. The van der Waals surface area contributed by atoms with E-state index in [0.29, 0.717) is 16.7 Å². The molecule has 1 unspecified atom stereocenters. The van der Waals surface area contributed by atoms with Gasteiger partial charge in [0.1, 0.15) is 29.2 Å². The molecule has 0 aliphatic carbocycles. The van der Waals surface area contributed by atoms with Crippen molar-refractivity contribution in [2.75, 3.05) is 7.05 Å². The Morgan fingerprint density at radius 3 is 2.85 bits per heavy atom. The van der Waals surface area contributed by atoms with Crippen molar-refractivity contribution in [3.63, 3.8) is 0 Å². The highest BCUT2D eigenvalue weighted by Crippen LogP contribution is 2.26. The highest BCUT2D eigenvalue weighted by atomic mass is 35.5. The van der Waals surface area contributed by atoms with Crippen LogP contribution in [0, 0.1) is 5.82 Å². The topological polar surface area (TPSA) is 39.1 Å². The Labute approximate surface area is 122 Å². The Kier molecular flexibility index (Phi) is 4.62. The van der Waals surface area contributed by atoms with Crippen LogP contribution in [0.1, 0.15) is 24.4 Å². The first-order valence-electron chi connectivity index (χ1n) is 6.28. The van der Waals surface area contributed by atoms with Gasteiger partial charge in [0.2, 0.25) is 0 Å². The predicted molar refractivity (Wildman–Crippen MR) is 76.4 cm³/mol. The van der Waals surface area contributed by atoms with Gasteiger partial charge >= 0.3 is 0 Å². The average molecular weight is 298 g/mol. The molecule has 1 atom stereocenters. The summed E-state index contributed by atoms with van der Waals surface area (Å²) in [6, 6.07) is 4.48. The van der Waals surface area contributed by atoms with Crippen LogP contribution in [0.5, 0.6) is 5.75 Å². The molecule has 4 nitrogen and oxygen atoms in total. The second-order valence-corrected chi connectivity index (χ2v) is 4.92. The van der Waals surface area contributed by atoms with Crippen molar-refractivity contribution in [3.05, 3.63) is 46.8 Å². The molecular weight excluding hydrogens is 281 g/mol. The molecule has 0 saturated carbocycles. The van der Waals surface area contributed by atoms with E-state index in [4.69, 9.17) is 16.3 Å². The SMILES string of the molecule is CNC(C)c1cc(F)ccc1OCc1ncc(Cl)n1C. The van der Waals surface area contributed by atoms with Crippen LogP contribution in [-0.2, 0) is 13.7 Å². The number of nitrogens with zero attached hydrogens (tertiary/aromatic N) is 2. The van der Waals surface area contributed by atoms with Crippen molar-refractivity contribution in [3.8, 4) is 5.75 Å². The van der Waals surface area contributed by atoms with Gasteiger partial charge in [-0.05, 0) is 32.2 Å². The van der Waals surface area contributed by atoms with Crippen molar-refractivity contribution in [2.45, 2.75) is 19.6 Å². The molecule has 2 rings (SSSR count). The normalized spacial score (nSPS) is 12.4. The van der Waals surface area contributed by atoms with Gasteiger partial charge in [-0.2, -0.15) is 0 Å². The van der Waals surface area contributed by atoms with E-state index in [9.17, 15) is 4.39 Å². The van der Waals surface area contributed by atoms with E-state index in [2.05, 4.69) is 10.3 Å². The minimum absolute atomic E-state index is 0.00865. The monoisotopic (exact) mass is 297 g/mol. The van der Waals surface area contributed by atoms with Crippen LogP contribution in [0.2, 0.25) is 5.15 Å². The lowest BCUT2D eigenvalue weighted by Crippen LogP contribution is -2.14. The molecule has 108 valence electrons. The Bertz CT molecular complexity index is 600. The Morgan fingerprint density at radius 2 is 2.25 bits per heavy atom. The third-order valence-electron chi connectivity index (χ3n) is 3.26. The van der Waals surface area contributed by atoms with Gasteiger partial charge in [0.25, 0.3) is 0 Å². The van der Waals surface area contributed by atoms with Gasteiger partial charge in [0, 0.05) is 18.7 Å². The summed E-state index contributed by atoms with van der Waals surface area (Å²) in [4.78, 5) is 4.16. The molecule has 1 N–H and O–H groups in total. The Balaban J connectivity index is 2.19. The first-order valence-corrected chi connectivity index (χ1v) is 6.66. The van der Waals surface area contributed by atoms with E-state index >= 15 is 0 Å². The molecule has 0 amide bonds. The fourth-order valence-corrected chi connectivity index (χ4v) is 1.99. The first-order chi connectivity index (χ1) is 9.52. The number of hydrogen-bond acceptors (Lipinski definition) is 3. The molecule has 0 aliphatic rings. The van der Waals surface area contributed by atoms with E-state index in [0.717, 1.165) is 5.56 Å². The van der Waals surface area contributed by atoms with Crippen molar-refractivity contribution in [1.29, 1.82) is 0 Å². The largest absolute Gasteiger partial charge is 0.485 e. The molecule has 1 heterocycles. The van der Waals surface area contributed by atoms with E-state index in [1.54, 1.807) is 16.8 Å². The maximum Gasteiger partial charge on any atom is 0.147 e. The van der Waals surface area contributed by atoms with Crippen molar-refractivity contribution in [1.82, 2.24) is 14.9 Å². The van der Waals surface area contributed by atoms with Gasteiger partial charge in [0.15, 0.2) is 0 Å². The number of imidazole rings is 1. The standard InChI is InChI=1S/C14H17ClFN3O/c1-9(17-2)11-6-10(16)4-5-12(11)20-8-14-18-7-13(15)19(14)3/h4-7,9,17H,8H2,1-3H3. The molecule has 0 fully saturated rings. The third kappa shape index (κ3) is 3.11. The lowest BCUT2D eigenvalue weighted by molar-refractivity contribution is 0.286. The zero-order valence-electron chi connectivity index (χ0n) is 11.7. The summed E-state index contributed by atoms with van der Waals surface area (Å²) in [5, 5.41) is 3.62. The van der Waals surface area contributed by atoms with Crippen molar-refractivity contribution < 1.29 is 9.13 Å². The smallest absolute Gasteiger partial charge is 0.147 e. The molecular formula is C14H17ClFN3O. The van der Waals surface area contributed by atoms with Gasteiger partial charge in [-0.3, -0.25) is 0 Å². The molecule has 1 aromatic heterocycles. The number of rotatable bonds is 5. The van der Waals surface area contributed by atoms with Gasteiger partial charge < -0.3 is 14.6 Å². The minimum atomic E-state index is -0.283. The summed E-state index contributed by atoms with van der Waals surface area (Å²) in [7, 11) is 3.63. The number of nitrogens with one attached hydrogen (secondary N) is 1. The van der Waals surface area contributed by atoms with E-state index in [1.165, 1.54) is 12.1 Å². The van der Waals surface area contributed by atoms with Gasteiger partial charge in [-0.25, -0.2) is 9.37 Å². The zero-order valence-corrected chi connectivity index (χ0v) is 12.4. The summed E-state index contributed by atoms with van der Waals surface area (Å²) < 4.78 is 20.8. The maximum atomic E-state index is 13.4. The number of ether oxygens (including phenoxy) is 1. The van der Waals surface area contributed by atoms with E-state index < -0.39 is 0 Å². The second-order valence-electron chi connectivity index (χ2n) is 4.54. The minimum Gasteiger partial charge on any atom is -0.485 e. The molecule has 0 spiro atoms. The van der Waals surface area contributed by atoms with Gasteiger partial charge in [-0.15, -0.1) is 0 Å². The molecule has 2 aromatic rings. The highest BCUT2D eigenvalue weighted by molar-refractivity contribution is 6.29. The Morgan fingerprint density at radius 1 is 1.50 bits per heavy atom. The summed E-state index contributed by atoms with van der Waals surface area (Å²) in [6.45, 7) is 2.22. The summed E-state index contributed by atoms with van der Waals surface area (Å²) in [6.07, 6.45) is 1.57. The molecule has 0 aliphatic heterocycles. The number of aromatic nitrogens is 2. The molecule has 0 bridgehead atoms. The number of benzene rings is 1. The zero-order chi connectivity index (χ0) is 14.7. The van der Waals surface area contributed by atoms with Crippen molar-refractivity contribution >= 4 is 11.6 Å². The van der Waals surface area contributed by atoms with Crippen LogP contribution in [0.3, 0.4) is 0 Å². The maximum absolute atomic E-state index is 13.4. The van der Waals surface area contributed by atoms with E-state index in [-0.39, 0.29) is 18.5 Å². The van der Waals surface area contributed by atoms with Gasteiger partial charge in [-0.1, -0.05) is 11.6 Å². The summed E-state index contributed by atoms with van der Waals surface area (Å²) >= 11 is 5.92. The number of halogens is 2. The summed E-state index contributed by atoms with van der Waals surface area (Å²) in [5.74, 6) is 1.06. The lowest BCUT2D eigenvalue weighted by Gasteiger charge is -2.16. The fraction of sp³-hybridized carbons (Fsp3) is 0.357. The van der Waals surface area contributed by atoms with Crippen LogP contribution in [0.25, 0.3) is 0 Å². The second kappa shape index (κ2) is 6.24. The van der Waals surface area contributed by atoms with E-state index in [1.807, 2.05) is 21.0 Å². The van der Waals surface area contributed by atoms with Crippen LogP contribution in [0.15, 0.2) is 24.4 Å². The van der Waals surface area contributed by atoms with Crippen LogP contribution in [-0.4, -0.2) is 16.6 Å². The van der Waals surface area contributed by atoms with Crippen molar-refractivity contribution in [2.24, 2.45) is 7.05 Å². The first kappa shape index (κ1) is 14.8. The lowest BCUT2D eigenvalue weighted by atomic mass is 10.1. The third-order valence-corrected chi connectivity index (χ3v) is 3.61. The Hall–Kier alpha value is -1.59. The van der Waals surface area contributed by atoms with Gasteiger partial charge in [0.05, 0.1) is 6.20 Å².